The summed E-state index contributed by atoms with van der Waals surface area (Å²) in [6.07, 6.45) is 19.2. The van der Waals surface area contributed by atoms with Crippen molar-refractivity contribution in [3.8, 4) is 0 Å². The number of hydrogen-bond acceptors (Lipinski definition) is 6. The van der Waals surface area contributed by atoms with Gasteiger partial charge in [-0.15, -0.1) is 0 Å². The molecule has 0 bridgehead atoms. The molecule has 0 heterocycles. The Morgan fingerprint density at radius 2 is 0.605 bits per heavy atom. The molecule has 0 radical (unpaired) electrons. The standard InChI is InChI=1S/3C12H24O2.Al/c3*1-4-12(5-2,6-3)10-8-7-9-11(13)14;/h3*4-10H2,1-3H3,(H,13,14);/q;;;+3/p-3. The smallest absolute Gasteiger partial charge is 0.551 e. The molecule has 0 amide bonds. The summed E-state index contributed by atoms with van der Waals surface area (Å²) in [7, 11) is 0. The second kappa shape index (κ2) is 23.3. The van der Waals surface area contributed by atoms with Crippen LogP contribution in [0.5, 0.6) is 0 Å². The van der Waals surface area contributed by atoms with Crippen LogP contribution in [0, 0.1) is 16.2 Å². The summed E-state index contributed by atoms with van der Waals surface area (Å²) in [5.41, 5.74) is 1.01. The molecule has 0 atom stereocenters. The molecule has 252 valence electrons. The minimum atomic E-state index is -3.27. The van der Waals surface area contributed by atoms with Crippen molar-refractivity contribution in [2.24, 2.45) is 16.2 Å². The van der Waals surface area contributed by atoms with E-state index in [0.717, 1.165) is 96.3 Å². The lowest BCUT2D eigenvalue weighted by atomic mass is 9.76. The maximum absolute atomic E-state index is 12.7. The molecule has 0 saturated heterocycles. The van der Waals surface area contributed by atoms with Crippen LogP contribution in [0.4, 0.5) is 0 Å². The van der Waals surface area contributed by atoms with Crippen molar-refractivity contribution >= 4 is 33.1 Å². The zero-order valence-electron chi connectivity index (χ0n) is 29.9. The third kappa shape index (κ3) is 16.2. The van der Waals surface area contributed by atoms with Gasteiger partial charge in [-0.05, 0) is 54.8 Å². The van der Waals surface area contributed by atoms with Crippen molar-refractivity contribution in [2.75, 3.05) is 0 Å². The van der Waals surface area contributed by atoms with Crippen molar-refractivity contribution in [3.05, 3.63) is 0 Å². The fourth-order valence-electron chi connectivity index (χ4n) is 6.72. The predicted octanol–water partition coefficient (Wildman–Crippen LogP) is 10.9. The van der Waals surface area contributed by atoms with Crippen molar-refractivity contribution in [2.45, 2.75) is 197 Å². The van der Waals surface area contributed by atoms with Gasteiger partial charge >= 0.3 is 15.1 Å². The van der Waals surface area contributed by atoms with Gasteiger partial charge in [0.2, 0.25) is 0 Å². The first-order chi connectivity index (χ1) is 20.5. The molecular formula is C36H69AlO6. The summed E-state index contributed by atoms with van der Waals surface area (Å²) in [4.78, 5) is 38.2. The molecule has 0 unspecified atom stereocenters. The Kier molecular flexibility index (Phi) is 22.7. The Hall–Kier alpha value is -1.06. The fourth-order valence-corrected chi connectivity index (χ4v) is 7.86. The summed E-state index contributed by atoms with van der Waals surface area (Å²) in [6.45, 7) is 20.1. The van der Waals surface area contributed by atoms with Gasteiger partial charge in [0.25, 0.3) is 17.9 Å². The first-order valence-electron chi connectivity index (χ1n) is 18.1. The minimum Gasteiger partial charge on any atom is -0.551 e. The minimum absolute atomic E-state index is 0.242. The SMILES string of the molecule is CCC(CC)(CC)CCCCC(=O)[O][Al]([O]C(=O)CCCCC(CC)(CC)CC)[O]C(=O)CCCCC(CC)(CC)CC. The van der Waals surface area contributed by atoms with Crippen LogP contribution in [-0.4, -0.2) is 33.1 Å². The molecule has 0 fully saturated rings. The lowest BCUT2D eigenvalue weighted by molar-refractivity contribution is -0.148. The quantitative estimate of drug-likeness (QED) is 0.0668. The van der Waals surface area contributed by atoms with Gasteiger partial charge in [0.15, 0.2) is 0 Å². The van der Waals surface area contributed by atoms with Crippen LogP contribution in [0.25, 0.3) is 0 Å². The van der Waals surface area contributed by atoms with Crippen LogP contribution in [0.15, 0.2) is 0 Å². The van der Waals surface area contributed by atoms with Crippen LogP contribution >= 0.6 is 0 Å². The molecular weight excluding hydrogens is 555 g/mol. The molecule has 0 N–H and O–H groups in total. The molecule has 0 rings (SSSR count). The average molecular weight is 625 g/mol. The van der Waals surface area contributed by atoms with Gasteiger partial charge in [0, 0.05) is 19.3 Å². The summed E-state index contributed by atoms with van der Waals surface area (Å²) in [5, 5.41) is 0. The fraction of sp³-hybridized carbons (Fsp3) is 0.917. The second-order valence-electron chi connectivity index (χ2n) is 13.1. The van der Waals surface area contributed by atoms with Crippen LogP contribution in [0.1, 0.15) is 197 Å². The highest BCUT2D eigenvalue weighted by atomic mass is 27.3. The summed E-state index contributed by atoms with van der Waals surface area (Å²) in [5.74, 6) is -1.32. The Morgan fingerprint density at radius 3 is 0.791 bits per heavy atom. The number of rotatable bonds is 27. The molecule has 0 aromatic rings. The number of unbranched alkanes of at least 4 members (excludes halogenated alkanes) is 3. The molecule has 0 saturated carbocycles. The Bertz CT molecular complexity index is 630. The number of carbonyl (C=O) groups excluding carboxylic acids is 3. The zero-order chi connectivity index (χ0) is 32.8. The van der Waals surface area contributed by atoms with Crippen molar-refractivity contribution < 1.29 is 25.7 Å². The lowest BCUT2D eigenvalue weighted by Gasteiger charge is -2.30. The molecule has 0 aromatic carbocycles. The summed E-state index contributed by atoms with van der Waals surface area (Å²) in [6, 6.07) is 0. The molecule has 0 aliphatic heterocycles. The van der Waals surface area contributed by atoms with Gasteiger partial charge in [-0.1, -0.05) is 139 Å². The van der Waals surface area contributed by atoms with Gasteiger partial charge in [0.05, 0.1) is 0 Å². The highest BCUT2D eigenvalue weighted by molar-refractivity contribution is 6.44. The van der Waals surface area contributed by atoms with E-state index in [4.69, 9.17) is 11.4 Å². The third-order valence-electron chi connectivity index (χ3n) is 11.4. The van der Waals surface area contributed by atoms with Crippen LogP contribution < -0.4 is 0 Å². The van der Waals surface area contributed by atoms with E-state index >= 15 is 0 Å². The van der Waals surface area contributed by atoms with E-state index < -0.39 is 33.1 Å². The van der Waals surface area contributed by atoms with Crippen LogP contribution in [0.2, 0.25) is 0 Å². The summed E-state index contributed by atoms with van der Waals surface area (Å²) < 4.78 is 16.6. The van der Waals surface area contributed by atoms with Gasteiger partial charge in [-0.2, -0.15) is 0 Å². The largest absolute Gasteiger partial charge is 1.20 e. The third-order valence-corrected chi connectivity index (χ3v) is 12.8. The van der Waals surface area contributed by atoms with Gasteiger partial charge in [0.1, 0.15) is 0 Å². The van der Waals surface area contributed by atoms with Crippen molar-refractivity contribution in [3.63, 3.8) is 0 Å². The Morgan fingerprint density at radius 1 is 0.395 bits per heavy atom. The molecule has 0 aliphatic carbocycles. The first kappa shape index (κ1) is 41.9. The monoisotopic (exact) mass is 624 g/mol. The molecule has 0 aliphatic rings. The molecule has 43 heavy (non-hydrogen) atoms. The second-order valence-corrected chi connectivity index (χ2v) is 14.3. The predicted molar refractivity (Wildman–Crippen MR) is 179 cm³/mol. The average Bonchev–Trinajstić information content (AvgIpc) is 3.02. The van der Waals surface area contributed by atoms with Gasteiger partial charge in [-0.3, -0.25) is 14.4 Å². The van der Waals surface area contributed by atoms with Crippen LogP contribution in [0.3, 0.4) is 0 Å². The normalized spacial score (nSPS) is 12.2. The molecule has 6 nitrogen and oxygen atoms in total. The lowest BCUT2D eigenvalue weighted by Crippen LogP contribution is -2.34. The maximum atomic E-state index is 12.7. The highest BCUT2D eigenvalue weighted by Gasteiger charge is 2.48. The first-order valence-corrected chi connectivity index (χ1v) is 19.5. The van der Waals surface area contributed by atoms with E-state index in [0.29, 0.717) is 35.5 Å². The molecule has 7 heteroatoms. The van der Waals surface area contributed by atoms with Crippen molar-refractivity contribution in [1.29, 1.82) is 0 Å². The van der Waals surface area contributed by atoms with E-state index in [1.807, 2.05) is 0 Å². The highest BCUT2D eigenvalue weighted by Crippen LogP contribution is 2.38. The summed E-state index contributed by atoms with van der Waals surface area (Å²) >= 11 is -3.27. The Labute approximate surface area is 271 Å². The van der Waals surface area contributed by atoms with Crippen molar-refractivity contribution in [1.82, 2.24) is 0 Å². The molecule has 0 aromatic heterocycles. The number of hydrogen-bond donors (Lipinski definition) is 0. The Balaban J connectivity index is 5.03. The topological polar surface area (TPSA) is 78.9 Å². The van der Waals surface area contributed by atoms with Gasteiger partial charge < -0.3 is 11.4 Å². The van der Waals surface area contributed by atoms with E-state index in [-0.39, 0.29) is 19.3 Å². The van der Waals surface area contributed by atoms with Crippen LogP contribution in [-0.2, 0) is 25.7 Å². The number of carbonyl (C=O) groups is 3. The van der Waals surface area contributed by atoms with E-state index in [1.165, 1.54) is 0 Å². The van der Waals surface area contributed by atoms with Gasteiger partial charge in [-0.25, -0.2) is 0 Å². The van der Waals surface area contributed by atoms with E-state index in [9.17, 15) is 14.4 Å². The zero-order valence-corrected chi connectivity index (χ0v) is 31.0. The molecule has 0 spiro atoms. The van der Waals surface area contributed by atoms with E-state index in [2.05, 4.69) is 62.3 Å². The maximum Gasteiger partial charge on any atom is 1.20 e. The van der Waals surface area contributed by atoms with E-state index in [1.54, 1.807) is 0 Å².